The summed E-state index contributed by atoms with van der Waals surface area (Å²) in [4.78, 5) is 11.3. The molecule has 4 heteroatoms. The minimum Gasteiger partial charge on any atom is -0.396 e. The smallest absolute Gasteiger partial charge is 0.229 e. The number of aliphatic hydroxyl groups excluding tert-OH is 1. The lowest BCUT2D eigenvalue weighted by Gasteiger charge is -2.04. The summed E-state index contributed by atoms with van der Waals surface area (Å²) in [6.07, 6.45) is 1.95. The number of thioether (sulfide) groups is 1. The highest BCUT2D eigenvalue weighted by Crippen LogP contribution is 2.01. The van der Waals surface area contributed by atoms with E-state index in [0.717, 1.165) is 12.8 Å². The second-order valence-electron chi connectivity index (χ2n) is 3.72. The Balaban J connectivity index is 2.02. The average molecular weight is 253 g/mol. The van der Waals surface area contributed by atoms with Gasteiger partial charge in [-0.1, -0.05) is 30.3 Å². The van der Waals surface area contributed by atoms with Crippen LogP contribution in [0.4, 0.5) is 0 Å². The number of aryl methyl sites for hydroxylation is 1. The molecule has 0 aliphatic carbocycles. The molecule has 1 aromatic rings. The third kappa shape index (κ3) is 7.02. The summed E-state index contributed by atoms with van der Waals surface area (Å²) >= 11 is 1.45. The third-order valence-corrected chi connectivity index (χ3v) is 3.21. The maximum absolute atomic E-state index is 11.3. The van der Waals surface area contributed by atoms with Crippen LogP contribution in [0.5, 0.6) is 0 Å². The largest absolute Gasteiger partial charge is 0.396 e. The summed E-state index contributed by atoms with van der Waals surface area (Å²) in [5.41, 5.74) is 1.30. The standard InChI is InChI=1S/C13H19NO2S/c15-9-10-17-11-13(16)14-8-4-7-12-5-2-1-3-6-12/h1-3,5-6,15H,4,7-11H2,(H,14,16). The zero-order valence-electron chi connectivity index (χ0n) is 9.89. The molecule has 0 aliphatic heterocycles. The van der Waals surface area contributed by atoms with Crippen LogP contribution in [0.2, 0.25) is 0 Å². The van der Waals surface area contributed by atoms with E-state index in [9.17, 15) is 4.79 Å². The van der Waals surface area contributed by atoms with Gasteiger partial charge in [-0.05, 0) is 18.4 Å². The summed E-state index contributed by atoms with van der Waals surface area (Å²) in [6, 6.07) is 10.3. The molecule has 0 atom stereocenters. The van der Waals surface area contributed by atoms with E-state index in [1.807, 2.05) is 18.2 Å². The van der Waals surface area contributed by atoms with Crippen molar-refractivity contribution in [1.29, 1.82) is 0 Å². The van der Waals surface area contributed by atoms with Crippen LogP contribution in [0.25, 0.3) is 0 Å². The van der Waals surface area contributed by atoms with Gasteiger partial charge in [0, 0.05) is 12.3 Å². The molecule has 94 valence electrons. The first-order chi connectivity index (χ1) is 8.33. The predicted molar refractivity (Wildman–Crippen MR) is 72.2 cm³/mol. The highest BCUT2D eigenvalue weighted by molar-refractivity contribution is 7.99. The fourth-order valence-corrected chi connectivity index (χ4v) is 2.01. The SMILES string of the molecule is O=C(CSCCO)NCCCc1ccccc1. The monoisotopic (exact) mass is 253 g/mol. The first-order valence-electron chi connectivity index (χ1n) is 5.82. The number of rotatable bonds is 8. The molecule has 0 heterocycles. The molecule has 0 saturated heterocycles. The van der Waals surface area contributed by atoms with Gasteiger partial charge >= 0.3 is 0 Å². The van der Waals surface area contributed by atoms with E-state index in [0.29, 0.717) is 18.1 Å². The van der Waals surface area contributed by atoms with Crippen LogP contribution >= 0.6 is 11.8 Å². The van der Waals surface area contributed by atoms with E-state index >= 15 is 0 Å². The summed E-state index contributed by atoms with van der Waals surface area (Å²) in [7, 11) is 0. The number of benzene rings is 1. The Hall–Kier alpha value is -1.00. The molecule has 1 amide bonds. The van der Waals surface area contributed by atoms with Gasteiger partial charge in [-0.3, -0.25) is 4.79 Å². The summed E-state index contributed by atoms with van der Waals surface area (Å²) in [5, 5.41) is 11.4. The molecule has 3 nitrogen and oxygen atoms in total. The molecule has 2 N–H and O–H groups in total. The Morgan fingerprint density at radius 1 is 1.29 bits per heavy atom. The lowest BCUT2D eigenvalue weighted by Crippen LogP contribution is -2.26. The Morgan fingerprint density at radius 3 is 2.76 bits per heavy atom. The molecule has 1 rings (SSSR count). The molecule has 0 spiro atoms. The average Bonchev–Trinajstić information content (AvgIpc) is 2.36. The molecule has 0 fully saturated rings. The van der Waals surface area contributed by atoms with E-state index in [-0.39, 0.29) is 12.5 Å². The van der Waals surface area contributed by atoms with Crippen molar-refractivity contribution in [2.24, 2.45) is 0 Å². The van der Waals surface area contributed by atoms with Crippen LogP contribution in [0.1, 0.15) is 12.0 Å². The van der Waals surface area contributed by atoms with Gasteiger partial charge in [0.05, 0.1) is 12.4 Å². The van der Waals surface area contributed by atoms with Crippen molar-refractivity contribution in [1.82, 2.24) is 5.32 Å². The fraction of sp³-hybridized carbons (Fsp3) is 0.462. The maximum atomic E-state index is 11.3. The molecule has 0 aromatic heterocycles. The van der Waals surface area contributed by atoms with Crippen molar-refractivity contribution in [3.63, 3.8) is 0 Å². The van der Waals surface area contributed by atoms with Crippen LogP contribution in [-0.4, -0.2) is 35.7 Å². The molecular weight excluding hydrogens is 234 g/mol. The van der Waals surface area contributed by atoms with E-state index in [1.165, 1.54) is 17.3 Å². The van der Waals surface area contributed by atoms with Crippen molar-refractivity contribution < 1.29 is 9.90 Å². The van der Waals surface area contributed by atoms with Crippen molar-refractivity contribution in [3.05, 3.63) is 35.9 Å². The molecule has 0 bridgehead atoms. The molecule has 1 aromatic carbocycles. The lowest BCUT2D eigenvalue weighted by molar-refractivity contribution is -0.118. The van der Waals surface area contributed by atoms with Gasteiger partial charge in [0.2, 0.25) is 5.91 Å². The second kappa shape index (κ2) is 9.07. The zero-order chi connectivity index (χ0) is 12.3. The van der Waals surface area contributed by atoms with Crippen molar-refractivity contribution in [3.8, 4) is 0 Å². The Morgan fingerprint density at radius 2 is 2.06 bits per heavy atom. The highest BCUT2D eigenvalue weighted by Gasteiger charge is 2.00. The molecule has 0 aliphatic rings. The van der Waals surface area contributed by atoms with E-state index in [2.05, 4.69) is 17.4 Å². The topological polar surface area (TPSA) is 49.3 Å². The van der Waals surface area contributed by atoms with Crippen molar-refractivity contribution >= 4 is 17.7 Å². The minimum absolute atomic E-state index is 0.0523. The first kappa shape index (κ1) is 14.1. The van der Waals surface area contributed by atoms with Crippen molar-refractivity contribution in [2.45, 2.75) is 12.8 Å². The van der Waals surface area contributed by atoms with E-state index < -0.39 is 0 Å². The Kier molecular flexibility index (Phi) is 7.51. The molecular formula is C13H19NO2S. The maximum Gasteiger partial charge on any atom is 0.229 e. The van der Waals surface area contributed by atoms with Gasteiger partial charge in [0.1, 0.15) is 0 Å². The van der Waals surface area contributed by atoms with Gasteiger partial charge in [0.15, 0.2) is 0 Å². The molecule has 17 heavy (non-hydrogen) atoms. The van der Waals surface area contributed by atoms with Gasteiger partial charge in [-0.2, -0.15) is 0 Å². The van der Waals surface area contributed by atoms with Crippen molar-refractivity contribution in [2.75, 3.05) is 24.7 Å². The first-order valence-corrected chi connectivity index (χ1v) is 6.97. The summed E-state index contributed by atoms with van der Waals surface area (Å²) < 4.78 is 0. The Bertz CT molecular complexity index is 316. The van der Waals surface area contributed by atoms with Gasteiger partial charge < -0.3 is 10.4 Å². The quantitative estimate of drug-likeness (QED) is 0.690. The molecule has 0 radical (unpaired) electrons. The van der Waals surface area contributed by atoms with Gasteiger partial charge in [-0.15, -0.1) is 11.8 Å². The fourth-order valence-electron chi connectivity index (χ4n) is 1.45. The normalized spacial score (nSPS) is 10.2. The van der Waals surface area contributed by atoms with Crippen LogP contribution in [-0.2, 0) is 11.2 Å². The number of hydrogen-bond acceptors (Lipinski definition) is 3. The number of hydrogen-bond donors (Lipinski definition) is 2. The second-order valence-corrected chi connectivity index (χ2v) is 4.82. The predicted octanol–water partition coefficient (Wildman–Crippen LogP) is 1.46. The van der Waals surface area contributed by atoms with Crippen LogP contribution in [0.3, 0.4) is 0 Å². The van der Waals surface area contributed by atoms with Crippen LogP contribution < -0.4 is 5.32 Å². The molecule has 0 unspecified atom stereocenters. The minimum atomic E-state index is 0.0523. The summed E-state index contributed by atoms with van der Waals surface area (Å²) in [5.74, 6) is 1.11. The lowest BCUT2D eigenvalue weighted by atomic mass is 10.1. The number of aliphatic hydroxyl groups is 1. The van der Waals surface area contributed by atoms with E-state index in [4.69, 9.17) is 5.11 Å². The third-order valence-electron chi connectivity index (χ3n) is 2.28. The number of nitrogens with one attached hydrogen (secondary N) is 1. The number of carbonyl (C=O) groups excluding carboxylic acids is 1. The number of amides is 1. The summed E-state index contributed by atoms with van der Waals surface area (Å²) in [6.45, 7) is 0.847. The molecule has 0 saturated carbocycles. The van der Waals surface area contributed by atoms with E-state index in [1.54, 1.807) is 0 Å². The number of carbonyl (C=O) groups is 1. The van der Waals surface area contributed by atoms with Crippen LogP contribution in [0, 0.1) is 0 Å². The Labute approximate surface area is 107 Å². The van der Waals surface area contributed by atoms with Gasteiger partial charge in [-0.25, -0.2) is 0 Å². The highest BCUT2D eigenvalue weighted by atomic mass is 32.2. The van der Waals surface area contributed by atoms with Crippen LogP contribution in [0.15, 0.2) is 30.3 Å². The van der Waals surface area contributed by atoms with Gasteiger partial charge in [0.25, 0.3) is 0 Å². The zero-order valence-corrected chi connectivity index (χ0v) is 10.7.